The van der Waals surface area contributed by atoms with Gasteiger partial charge in [-0.2, -0.15) is 8.78 Å². The van der Waals surface area contributed by atoms with Crippen LogP contribution < -0.4 is 0 Å². The first-order chi connectivity index (χ1) is 4.95. The molecule has 4 nitrogen and oxygen atoms in total. The van der Waals surface area contributed by atoms with E-state index in [1.165, 1.54) is 0 Å². The molecule has 0 rings (SSSR count). The molecule has 0 aliphatic heterocycles. The minimum atomic E-state index is -2.47. The van der Waals surface area contributed by atoms with Crippen molar-refractivity contribution in [2.24, 2.45) is 0 Å². The second kappa shape index (κ2) is 3.65. The van der Waals surface area contributed by atoms with Gasteiger partial charge in [0.05, 0.1) is 6.42 Å². The van der Waals surface area contributed by atoms with Crippen LogP contribution in [0.2, 0.25) is 0 Å². The lowest BCUT2D eigenvalue weighted by Crippen LogP contribution is -2.07. The molecule has 0 heterocycles. The van der Waals surface area contributed by atoms with Crippen molar-refractivity contribution in [1.82, 2.24) is 0 Å². The molecule has 2 N–H and O–H groups in total. The monoisotopic (exact) mass is 166 g/mol. The quantitative estimate of drug-likeness (QED) is 0.605. The van der Waals surface area contributed by atoms with Gasteiger partial charge in [-0.15, -0.1) is 0 Å². The molecule has 0 unspecified atom stereocenters. The molecule has 0 amide bonds. The zero-order valence-electron chi connectivity index (χ0n) is 5.17. The molecule has 11 heavy (non-hydrogen) atoms. The third-order valence-electron chi connectivity index (χ3n) is 0.814. The predicted molar refractivity (Wildman–Crippen MR) is 29.1 cm³/mol. The second-order valence-electron chi connectivity index (χ2n) is 1.61. The highest BCUT2D eigenvalue weighted by Crippen LogP contribution is 2.11. The summed E-state index contributed by atoms with van der Waals surface area (Å²) in [5.41, 5.74) is -1.38. The molecule has 0 aromatic rings. The molecule has 6 heteroatoms. The molecule has 0 aliphatic carbocycles. The van der Waals surface area contributed by atoms with Crippen LogP contribution >= 0.6 is 0 Å². The molecule has 0 saturated heterocycles. The molecule has 0 aromatic carbocycles. The van der Waals surface area contributed by atoms with Crippen molar-refractivity contribution >= 4 is 11.9 Å². The van der Waals surface area contributed by atoms with Gasteiger partial charge in [-0.05, 0) is 0 Å². The molecular formula is C5H4F2O4. The summed E-state index contributed by atoms with van der Waals surface area (Å²) in [6, 6.07) is 0. The first kappa shape index (κ1) is 9.54. The van der Waals surface area contributed by atoms with E-state index in [0.717, 1.165) is 0 Å². The number of hydrogen-bond donors (Lipinski definition) is 2. The SMILES string of the molecule is O=C(O)CC(C(=O)O)=C(F)F. The van der Waals surface area contributed by atoms with Crippen molar-refractivity contribution < 1.29 is 28.6 Å². The lowest BCUT2D eigenvalue weighted by Gasteiger charge is -1.94. The normalized spacial score (nSPS) is 8.91. The van der Waals surface area contributed by atoms with Crippen LogP contribution in [0.4, 0.5) is 8.78 Å². The Morgan fingerprint density at radius 1 is 1.18 bits per heavy atom. The van der Waals surface area contributed by atoms with Crippen LogP contribution in [0.15, 0.2) is 11.7 Å². The van der Waals surface area contributed by atoms with E-state index < -0.39 is 30.0 Å². The Labute approximate surface area is 59.8 Å². The first-order valence-corrected chi connectivity index (χ1v) is 2.44. The topological polar surface area (TPSA) is 74.6 Å². The Kier molecular flexibility index (Phi) is 3.16. The van der Waals surface area contributed by atoms with Gasteiger partial charge in [-0.25, -0.2) is 4.79 Å². The number of rotatable bonds is 3. The summed E-state index contributed by atoms with van der Waals surface area (Å²) in [5, 5.41) is 15.9. The minimum absolute atomic E-state index is 1.17. The lowest BCUT2D eigenvalue weighted by atomic mass is 10.2. The maximum Gasteiger partial charge on any atom is 0.337 e. The third kappa shape index (κ3) is 3.29. The standard InChI is InChI=1S/C5H4F2O4/c6-4(7)2(5(10)11)1-3(8)9/h1H2,(H,8,9)(H,10,11). The molecule has 0 saturated carbocycles. The Bertz CT molecular complexity index is 217. The maximum absolute atomic E-state index is 11.5. The molecule has 0 aliphatic rings. The summed E-state index contributed by atoms with van der Waals surface area (Å²) in [4.78, 5) is 19.7. The summed E-state index contributed by atoms with van der Waals surface area (Å²) in [7, 11) is 0. The Balaban J connectivity index is 4.52. The number of carboxylic acid groups (broad SMARTS) is 2. The van der Waals surface area contributed by atoms with Gasteiger partial charge in [0.15, 0.2) is 0 Å². The Morgan fingerprint density at radius 3 is 1.73 bits per heavy atom. The van der Waals surface area contributed by atoms with Crippen LogP contribution in [0.5, 0.6) is 0 Å². The smallest absolute Gasteiger partial charge is 0.337 e. The largest absolute Gasteiger partial charge is 0.481 e. The van der Waals surface area contributed by atoms with Gasteiger partial charge in [-0.3, -0.25) is 4.79 Å². The second-order valence-corrected chi connectivity index (χ2v) is 1.61. The highest BCUT2D eigenvalue weighted by atomic mass is 19.3. The lowest BCUT2D eigenvalue weighted by molar-refractivity contribution is -0.140. The summed E-state index contributed by atoms with van der Waals surface area (Å²) in [6.45, 7) is 0. The number of carboxylic acids is 2. The molecule has 0 atom stereocenters. The van der Waals surface area contributed by atoms with Gasteiger partial charge >= 0.3 is 11.9 Å². The molecular weight excluding hydrogens is 162 g/mol. The van der Waals surface area contributed by atoms with Crippen molar-refractivity contribution in [3.8, 4) is 0 Å². The average Bonchev–Trinajstić information content (AvgIpc) is 1.81. The van der Waals surface area contributed by atoms with Crippen LogP contribution in [0.25, 0.3) is 0 Å². The van der Waals surface area contributed by atoms with Gasteiger partial charge in [-0.1, -0.05) is 0 Å². The first-order valence-electron chi connectivity index (χ1n) is 2.44. The van der Waals surface area contributed by atoms with Gasteiger partial charge < -0.3 is 10.2 Å². The maximum atomic E-state index is 11.5. The van der Waals surface area contributed by atoms with Crippen molar-refractivity contribution in [2.45, 2.75) is 6.42 Å². The molecule has 0 fully saturated rings. The fourth-order valence-corrected chi connectivity index (χ4v) is 0.374. The van der Waals surface area contributed by atoms with E-state index in [4.69, 9.17) is 10.2 Å². The fraction of sp³-hybridized carbons (Fsp3) is 0.200. The molecule has 62 valence electrons. The van der Waals surface area contributed by atoms with Crippen LogP contribution in [-0.4, -0.2) is 22.2 Å². The van der Waals surface area contributed by atoms with Gasteiger partial charge in [0.25, 0.3) is 6.08 Å². The molecule has 0 bridgehead atoms. The zero-order valence-corrected chi connectivity index (χ0v) is 5.17. The van der Waals surface area contributed by atoms with E-state index in [9.17, 15) is 18.4 Å². The molecule has 0 radical (unpaired) electrons. The van der Waals surface area contributed by atoms with E-state index in [-0.39, 0.29) is 0 Å². The van der Waals surface area contributed by atoms with Crippen LogP contribution in [0, 0.1) is 0 Å². The van der Waals surface area contributed by atoms with Crippen molar-refractivity contribution in [1.29, 1.82) is 0 Å². The third-order valence-corrected chi connectivity index (χ3v) is 0.814. The van der Waals surface area contributed by atoms with Crippen molar-refractivity contribution in [2.75, 3.05) is 0 Å². The summed E-state index contributed by atoms with van der Waals surface area (Å²) < 4.78 is 23.1. The van der Waals surface area contributed by atoms with E-state index in [1.807, 2.05) is 0 Å². The summed E-state index contributed by atoms with van der Waals surface area (Å²) >= 11 is 0. The fourth-order valence-electron chi connectivity index (χ4n) is 0.374. The van der Waals surface area contributed by atoms with Gasteiger partial charge in [0.2, 0.25) is 0 Å². The van der Waals surface area contributed by atoms with Crippen LogP contribution in [0.3, 0.4) is 0 Å². The number of carbonyl (C=O) groups is 2. The van der Waals surface area contributed by atoms with E-state index in [2.05, 4.69) is 0 Å². The minimum Gasteiger partial charge on any atom is -0.481 e. The Morgan fingerprint density at radius 2 is 1.64 bits per heavy atom. The molecule has 0 aromatic heterocycles. The van der Waals surface area contributed by atoms with Gasteiger partial charge in [0.1, 0.15) is 5.57 Å². The summed E-state index contributed by atoms with van der Waals surface area (Å²) in [6.07, 6.45) is -3.64. The Hall–Kier alpha value is -1.46. The van der Waals surface area contributed by atoms with Crippen LogP contribution in [0.1, 0.15) is 6.42 Å². The van der Waals surface area contributed by atoms with E-state index in [1.54, 1.807) is 0 Å². The number of hydrogen-bond acceptors (Lipinski definition) is 2. The van der Waals surface area contributed by atoms with Crippen LogP contribution in [-0.2, 0) is 9.59 Å². The van der Waals surface area contributed by atoms with Crippen molar-refractivity contribution in [3.05, 3.63) is 11.7 Å². The molecule has 0 spiro atoms. The highest BCUT2D eigenvalue weighted by molar-refractivity contribution is 5.92. The van der Waals surface area contributed by atoms with E-state index in [0.29, 0.717) is 0 Å². The number of halogens is 2. The summed E-state index contributed by atoms with van der Waals surface area (Å²) in [5.74, 6) is -3.51. The van der Waals surface area contributed by atoms with E-state index >= 15 is 0 Å². The highest BCUT2D eigenvalue weighted by Gasteiger charge is 2.17. The average molecular weight is 166 g/mol. The number of aliphatic carboxylic acids is 2. The van der Waals surface area contributed by atoms with Gasteiger partial charge in [0, 0.05) is 0 Å². The predicted octanol–water partition coefficient (Wildman–Crippen LogP) is 0.696. The van der Waals surface area contributed by atoms with Crippen molar-refractivity contribution in [3.63, 3.8) is 0 Å². The zero-order chi connectivity index (χ0) is 9.02.